The second-order valence-corrected chi connectivity index (χ2v) is 3.86. The summed E-state index contributed by atoms with van der Waals surface area (Å²) in [5.41, 5.74) is 0. The van der Waals surface area contributed by atoms with Crippen molar-refractivity contribution in [2.45, 2.75) is 31.5 Å². The van der Waals surface area contributed by atoms with Gasteiger partial charge in [0.15, 0.2) is 0 Å². The molecule has 1 N–H and O–H groups in total. The van der Waals surface area contributed by atoms with Gasteiger partial charge in [0.1, 0.15) is 6.17 Å². The van der Waals surface area contributed by atoms with Gasteiger partial charge in [-0.1, -0.05) is 0 Å². The maximum Gasteiger partial charge on any atom is 0.103 e. The fourth-order valence-corrected chi connectivity index (χ4v) is 2.18. The number of hydrogen-bond acceptors (Lipinski definition) is 2. The third kappa shape index (κ3) is 3.54. The molecule has 86 valence electrons. The highest BCUT2D eigenvalue weighted by atomic mass is 35.5. The van der Waals surface area contributed by atoms with E-state index in [-0.39, 0.29) is 24.8 Å². The first-order valence-electron chi connectivity index (χ1n) is 4.95. The molecule has 2 heterocycles. The third-order valence-electron chi connectivity index (χ3n) is 3.01. The predicted octanol–water partition coefficient (Wildman–Crippen LogP) is 1.63. The highest BCUT2D eigenvalue weighted by Crippen LogP contribution is 2.18. The zero-order chi connectivity index (χ0) is 8.39. The Hall–Kier alpha value is 0.430. The summed E-state index contributed by atoms with van der Waals surface area (Å²) in [4.78, 5) is 2.44. The van der Waals surface area contributed by atoms with E-state index in [9.17, 15) is 4.39 Å². The zero-order valence-corrected chi connectivity index (χ0v) is 9.88. The Balaban J connectivity index is 0.000000845. The maximum absolute atomic E-state index is 12.8. The normalized spacial score (nSPS) is 29.4. The van der Waals surface area contributed by atoms with Crippen LogP contribution in [0.15, 0.2) is 0 Å². The van der Waals surface area contributed by atoms with Gasteiger partial charge in [-0.3, -0.25) is 4.90 Å². The van der Waals surface area contributed by atoms with Gasteiger partial charge in [-0.15, -0.1) is 24.8 Å². The van der Waals surface area contributed by atoms with Crippen LogP contribution in [-0.4, -0.2) is 43.3 Å². The molecule has 2 fully saturated rings. The summed E-state index contributed by atoms with van der Waals surface area (Å²) in [7, 11) is 0. The van der Waals surface area contributed by atoms with Crippen molar-refractivity contribution >= 4 is 24.8 Å². The Kier molecular flexibility index (Phi) is 7.04. The van der Waals surface area contributed by atoms with Crippen molar-refractivity contribution in [3.63, 3.8) is 0 Å². The van der Waals surface area contributed by atoms with E-state index < -0.39 is 6.17 Å². The molecule has 0 aliphatic carbocycles. The van der Waals surface area contributed by atoms with Crippen LogP contribution in [-0.2, 0) is 0 Å². The summed E-state index contributed by atoms with van der Waals surface area (Å²) in [5.74, 6) is 0. The van der Waals surface area contributed by atoms with Crippen LogP contribution < -0.4 is 5.32 Å². The minimum absolute atomic E-state index is 0. The van der Waals surface area contributed by atoms with Gasteiger partial charge in [0.05, 0.1) is 0 Å². The number of rotatable bonds is 1. The Bertz CT molecular complexity index is 146. The van der Waals surface area contributed by atoms with Crippen molar-refractivity contribution in [2.75, 3.05) is 26.2 Å². The molecule has 2 rings (SSSR count). The van der Waals surface area contributed by atoms with Crippen molar-refractivity contribution in [2.24, 2.45) is 0 Å². The van der Waals surface area contributed by atoms with Crippen molar-refractivity contribution in [1.29, 1.82) is 0 Å². The predicted molar refractivity (Wildman–Crippen MR) is 61.5 cm³/mol. The molecule has 0 aromatic rings. The van der Waals surface area contributed by atoms with E-state index >= 15 is 0 Å². The van der Waals surface area contributed by atoms with Crippen LogP contribution in [0.3, 0.4) is 0 Å². The molecule has 2 saturated heterocycles. The van der Waals surface area contributed by atoms with Gasteiger partial charge in [-0.25, -0.2) is 4.39 Å². The van der Waals surface area contributed by atoms with Crippen LogP contribution in [0.1, 0.15) is 19.3 Å². The molecule has 0 radical (unpaired) electrons. The van der Waals surface area contributed by atoms with Crippen molar-refractivity contribution in [1.82, 2.24) is 10.2 Å². The summed E-state index contributed by atoms with van der Waals surface area (Å²) >= 11 is 0. The molecule has 2 nitrogen and oxygen atoms in total. The fourth-order valence-electron chi connectivity index (χ4n) is 2.18. The highest BCUT2D eigenvalue weighted by Gasteiger charge is 2.26. The minimum Gasteiger partial charge on any atom is -0.315 e. The van der Waals surface area contributed by atoms with E-state index in [1.54, 1.807) is 0 Å². The fraction of sp³-hybridized carbons (Fsp3) is 1.00. The van der Waals surface area contributed by atoms with Crippen LogP contribution in [0, 0.1) is 0 Å². The molecular formula is C9H19Cl2FN2. The van der Waals surface area contributed by atoms with Gasteiger partial charge < -0.3 is 5.32 Å². The second kappa shape index (κ2) is 6.83. The van der Waals surface area contributed by atoms with Crippen LogP contribution in [0.2, 0.25) is 0 Å². The molecule has 0 amide bonds. The van der Waals surface area contributed by atoms with Gasteiger partial charge in [0, 0.05) is 25.7 Å². The van der Waals surface area contributed by atoms with E-state index in [2.05, 4.69) is 10.2 Å². The average molecular weight is 245 g/mol. The summed E-state index contributed by atoms with van der Waals surface area (Å²) in [6.45, 7) is 4.18. The smallest absolute Gasteiger partial charge is 0.103 e. The molecule has 2 aliphatic rings. The maximum atomic E-state index is 12.8. The lowest BCUT2D eigenvalue weighted by molar-refractivity contribution is 0.118. The monoisotopic (exact) mass is 244 g/mol. The number of nitrogens with zero attached hydrogens (tertiary/aromatic N) is 1. The first kappa shape index (κ1) is 14.4. The van der Waals surface area contributed by atoms with Gasteiger partial charge in [0.2, 0.25) is 0 Å². The van der Waals surface area contributed by atoms with Crippen molar-refractivity contribution in [3.8, 4) is 0 Å². The molecule has 0 bridgehead atoms. The van der Waals surface area contributed by atoms with Gasteiger partial charge in [-0.2, -0.15) is 0 Å². The molecule has 0 aromatic carbocycles. The van der Waals surface area contributed by atoms with Gasteiger partial charge in [-0.05, 0) is 25.8 Å². The summed E-state index contributed by atoms with van der Waals surface area (Å²) in [5, 5.41) is 3.35. The summed E-state index contributed by atoms with van der Waals surface area (Å²) < 4.78 is 12.8. The summed E-state index contributed by atoms with van der Waals surface area (Å²) in [6, 6.07) is 0.692. The standard InChI is InChI=1S/C9H17FN2.2ClH/c10-8-2-5-12(6-3-8)9-1-4-11-7-9;;/h8-9,11H,1-7H2;2*1H. The molecule has 14 heavy (non-hydrogen) atoms. The van der Waals surface area contributed by atoms with E-state index in [0.717, 1.165) is 39.0 Å². The van der Waals surface area contributed by atoms with E-state index in [0.29, 0.717) is 6.04 Å². The number of likely N-dealkylation sites (tertiary alicyclic amines) is 1. The SMILES string of the molecule is Cl.Cl.FC1CCN(C2CCNC2)CC1. The third-order valence-corrected chi connectivity index (χ3v) is 3.01. The van der Waals surface area contributed by atoms with Crippen molar-refractivity contribution in [3.05, 3.63) is 0 Å². The lowest BCUT2D eigenvalue weighted by atomic mass is 10.1. The van der Waals surface area contributed by atoms with E-state index in [4.69, 9.17) is 0 Å². The van der Waals surface area contributed by atoms with Crippen LogP contribution in [0.4, 0.5) is 4.39 Å². The van der Waals surface area contributed by atoms with Gasteiger partial charge >= 0.3 is 0 Å². The topological polar surface area (TPSA) is 15.3 Å². The molecule has 0 aromatic heterocycles. The van der Waals surface area contributed by atoms with Gasteiger partial charge in [0.25, 0.3) is 0 Å². The first-order chi connectivity index (χ1) is 5.86. The number of nitrogens with one attached hydrogen (secondary N) is 1. The Morgan fingerprint density at radius 2 is 1.71 bits per heavy atom. The molecule has 0 spiro atoms. The minimum atomic E-state index is -0.532. The largest absolute Gasteiger partial charge is 0.315 e. The lowest BCUT2D eigenvalue weighted by Gasteiger charge is -2.33. The number of alkyl halides is 1. The number of hydrogen-bond donors (Lipinski definition) is 1. The van der Waals surface area contributed by atoms with Crippen LogP contribution in [0.25, 0.3) is 0 Å². The van der Waals surface area contributed by atoms with Crippen LogP contribution >= 0.6 is 24.8 Å². The van der Waals surface area contributed by atoms with E-state index in [1.807, 2.05) is 0 Å². The van der Waals surface area contributed by atoms with E-state index in [1.165, 1.54) is 6.42 Å². The molecule has 5 heteroatoms. The Morgan fingerprint density at radius 3 is 2.21 bits per heavy atom. The zero-order valence-electron chi connectivity index (χ0n) is 8.25. The average Bonchev–Trinajstić information content (AvgIpc) is 2.58. The Labute approximate surface area is 97.4 Å². The number of halogens is 3. The molecule has 0 saturated carbocycles. The highest BCUT2D eigenvalue weighted by molar-refractivity contribution is 5.85. The molecular weight excluding hydrogens is 226 g/mol. The first-order valence-corrected chi connectivity index (χ1v) is 4.95. The quantitative estimate of drug-likeness (QED) is 0.755. The summed E-state index contributed by atoms with van der Waals surface area (Å²) in [6.07, 6.45) is 2.21. The molecule has 1 unspecified atom stereocenters. The van der Waals surface area contributed by atoms with Crippen LogP contribution in [0.5, 0.6) is 0 Å². The second-order valence-electron chi connectivity index (χ2n) is 3.86. The molecule has 2 aliphatic heterocycles. The number of piperidine rings is 1. The Morgan fingerprint density at radius 1 is 1.07 bits per heavy atom. The molecule has 1 atom stereocenters. The lowest BCUT2D eigenvalue weighted by Crippen LogP contribution is -2.42. The van der Waals surface area contributed by atoms with Crippen molar-refractivity contribution < 1.29 is 4.39 Å².